The molecule has 0 fully saturated rings. The van der Waals surface area contributed by atoms with E-state index in [1.54, 1.807) is 0 Å². The van der Waals surface area contributed by atoms with Crippen LogP contribution in [0.3, 0.4) is 0 Å². The van der Waals surface area contributed by atoms with Gasteiger partial charge in [-0.3, -0.25) is 0 Å². The predicted octanol–water partition coefficient (Wildman–Crippen LogP) is 10.0. The van der Waals surface area contributed by atoms with Crippen molar-refractivity contribution >= 4 is 11.9 Å². The molecule has 0 N–H and O–H groups in total. The van der Waals surface area contributed by atoms with Gasteiger partial charge in [-0.2, -0.15) is 0 Å². The normalized spacial score (nSPS) is 13.1. The third-order valence-electron chi connectivity index (χ3n) is 6.92. The van der Waals surface area contributed by atoms with E-state index in [0.717, 1.165) is 25.7 Å². The molecule has 0 radical (unpaired) electrons. The summed E-state index contributed by atoms with van der Waals surface area (Å²) in [5.74, 6) is -0.928. The molecule has 0 aromatic carbocycles. The van der Waals surface area contributed by atoms with E-state index < -0.39 is 11.9 Å². The first kappa shape index (κ1) is 34.7. The number of hydrogen-bond donors (Lipinski definition) is 0. The Bertz CT molecular complexity index is 482. The van der Waals surface area contributed by atoms with Gasteiger partial charge in [-0.05, 0) is 39.5 Å². The minimum absolute atomic E-state index is 0.123. The molecule has 4 nitrogen and oxygen atoms in total. The van der Waals surface area contributed by atoms with Crippen LogP contribution in [0.5, 0.6) is 0 Å². The van der Waals surface area contributed by atoms with Crippen molar-refractivity contribution in [1.82, 2.24) is 0 Å². The lowest BCUT2D eigenvalue weighted by Gasteiger charge is -2.12. The SMILES string of the molecule is CCCCCCCCCCCCC(C)OC(=O)/C=C/C(=O)OC(C)CCCCCCCCCCCC. The van der Waals surface area contributed by atoms with Gasteiger partial charge in [0.2, 0.25) is 0 Å². The minimum Gasteiger partial charge on any atom is -0.460 e. The smallest absolute Gasteiger partial charge is 0.331 e. The molecule has 36 heavy (non-hydrogen) atoms. The van der Waals surface area contributed by atoms with Gasteiger partial charge in [0.1, 0.15) is 0 Å². The van der Waals surface area contributed by atoms with Crippen molar-refractivity contribution < 1.29 is 19.1 Å². The quantitative estimate of drug-likeness (QED) is 0.0662. The van der Waals surface area contributed by atoms with E-state index in [0.29, 0.717) is 0 Å². The van der Waals surface area contributed by atoms with Gasteiger partial charge in [-0.15, -0.1) is 0 Å². The van der Waals surface area contributed by atoms with E-state index in [4.69, 9.17) is 9.47 Å². The summed E-state index contributed by atoms with van der Waals surface area (Å²) in [6, 6.07) is 0. The van der Waals surface area contributed by atoms with Crippen LogP contribution in [0.1, 0.15) is 169 Å². The van der Waals surface area contributed by atoms with Gasteiger partial charge in [0, 0.05) is 12.2 Å². The Balaban J connectivity index is 3.67. The largest absolute Gasteiger partial charge is 0.460 e. The molecule has 0 saturated heterocycles. The minimum atomic E-state index is -0.464. The van der Waals surface area contributed by atoms with E-state index in [2.05, 4.69) is 13.8 Å². The van der Waals surface area contributed by atoms with Crippen molar-refractivity contribution in [2.45, 2.75) is 181 Å². The Labute approximate surface area is 224 Å². The molecule has 212 valence electrons. The molecular formula is C32H60O4. The first-order chi connectivity index (χ1) is 17.5. The Kier molecular flexibility index (Phi) is 25.8. The molecule has 0 aromatic heterocycles. The second-order valence-electron chi connectivity index (χ2n) is 10.8. The molecule has 0 saturated carbocycles. The molecule has 0 aliphatic carbocycles. The number of carbonyl (C=O) groups excluding carboxylic acids is 2. The van der Waals surface area contributed by atoms with Gasteiger partial charge >= 0.3 is 11.9 Å². The lowest BCUT2D eigenvalue weighted by Crippen LogP contribution is -2.15. The third kappa shape index (κ3) is 25.8. The third-order valence-corrected chi connectivity index (χ3v) is 6.92. The van der Waals surface area contributed by atoms with E-state index in [9.17, 15) is 9.59 Å². The van der Waals surface area contributed by atoms with Crippen molar-refractivity contribution in [2.75, 3.05) is 0 Å². The van der Waals surface area contributed by atoms with Crippen LogP contribution in [0.4, 0.5) is 0 Å². The Hall–Kier alpha value is -1.32. The molecule has 2 unspecified atom stereocenters. The zero-order chi connectivity index (χ0) is 26.7. The summed E-state index contributed by atoms with van der Waals surface area (Å²) < 4.78 is 10.8. The number of rotatable bonds is 26. The van der Waals surface area contributed by atoms with Crippen LogP contribution in [0.25, 0.3) is 0 Å². The van der Waals surface area contributed by atoms with Gasteiger partial charge in [0.15, 0.2) is 0 Å². The van der Waals surface area contributed by atoms with E-state index in [1.807, 2.05) is 13.8 Å². The highest BCUT2D eigenvalue weighted by Gasteiger charge is 2.10. The second-order valence-corrected chi connectivity index (χ2v) is 10.8. The maximum Gasteiger partial charge on any atom is 0.331 e. The highest BCUT2D eigenvalue weighted by atomic mass is 16.5. The fourth-order valence-electron chi connectivity index (χ4n) is 4.57. The molecule has 0 aliphatic rings. The van der Waals surface area contributed by atoms with Crippen molar-refractivity contribution in [2.24, 2.45) is 0 Å². The number of hydrogen-bond acceptors (Lipinski definition) is 4. The molecule has 0 aliphatic heterocycles. The summed E-state index contributed by atoms with van der Waals surface area (Å²) in [6.45, 7) is 8.35. The average Bonchev–Trinajstić information content (AvgIpc) is 2.85. The molecule has 0 amide bonds. The number of carbonyl (C=O) groups is 2. The molecule has 0 spiro atoms. The number of unbranched alkanes of at least 4 members (excludes halogenated alkanes) is 18. The topological polar surface area (TPSA) is 52.6 Å². The van der Waals surface area contributed by atoms with Crippen LogP contribution in [0, 0.1) is 0 Å². The zero-order valence-corrected chi connectivity index (χ0v) is 24.5. The Morgan fingerprint density at radius 2 is 0.722 bits per heavy atom. The average molecular weight is 509 g/mol. The second kappa shape index (κ2) is 26.7. The standard InChI is InChI=1S/C32H60O4/c1-5-7-9-11-13-15-17-19-21-23-25-29(3)35-31(33)27-28-32(34)36-30(4)26-24-22-20-18-16-14-12-10-8-6-2/h27-30H,5-26H2,1-4H3/b28-27+. The first-order valence-corrected chi connectivity index (χ1v) is 15.6. The molecule has 2 atom stereocenters. The van der Waals surface area contributed by atoms with Gasteiger partial charge in [0.25, 0.3) is 0 Å². The summed E-state index contributed by atoms with van der Waals surface area (Å²) >= 11 is 0. The van der Waals surface area contributed by atoms with Crippen molar-refractivity contribution in [1.29, 1.82) is 0 Å². The Morgan fingerprint density at radius 1 is 0.472 bits per heavy atom. The fourth-order valence-corrected chi connectivity index (χ4v) is 4.57. The molecule has 4 heteroatoms. The summed E-state index contributed by atoms with van der Waals surface area (Å²) in [4.78, 5) is 24.0. The van der Waals surface area contributed by atoms with Gasteiger partial charge in [-0.1, -0.05) is 129 Å². The van der Waals surface area contributed by atoms with Crippen molar-refractivity contribution in [3.05, 3.63) is 12.2 Å². The zero-order valence-electron chi connectivity index (χ0n) is 24.5. The van der Waals surface area contributed by atoms with Crippen LogP contribution >= 0.6 is 0 Å². The van der Waals surface area contributed by atoms with Crippen LogP contribution in [0.15, 0.2) is 12.2 Å². The summed E-state index contributed by atoms with van der Waals surface area (Å²) in [6.07, 6.45) is 29.8. The maximum absolute atomic E-state index is 12.0. The number of ether oxygens (including phenoxy) is 2. The number of esters is 2. The molecule has 0 aromatic rings. The predicted molar refractivity (Wildman–Crippen MR) is 153 cm³/mol. The lowest BCUT2D eigenvalue weighted by atomic mass is 10.0. The summed E-state index contributed by atoms with van der Waals surface area (Å²) in [7, 11) is 0. The summed E-state index contributed by atoms with van der Waals surface area (Å²) in [5.41, 5.74) is 0. The first-order valence-electron chi connectivity index (χ1n) is 15.6. The Morgan fingerprint density at radius 3 is 1.00 bits per heavy atom. The highest BCUT2D eigenvalue weighted by molar-refractivity contribution is 5.91. The highest BCUT2D eigenvalue weighted by Crippen LogP contribution is 2.14. The van der Waals surface area contributed by atoms with Crippen LogP contribution in [0.2, 0.25) is 0 Å². The van der Waals surface area contributed by atoms with Gasteiger partial charge in [-0.25, -0.2) is 9.59 Å². The van der Waals surface area contributed by atoms with E-state index >= 15 is 0 Å². The van der Waals surface area contributed by atoms with E-state index in [1.165, 1.54) is 128 Å². The van der Waals surface area contributed by atoms with Crippen LogP contribution in [-0.4, -0.2) is 24.1 Å². The molecule has 0 bridgehead atoms. The van der Waals surface area contributed by atoms with Crippen molar-refractivity contribution in [3.8, 4) is 0 Å². The van der Waals surface area contributed by atoms with Gasteiger partial charge in [0.05, 0.1) is 12.2 Å². The van der Waals surface area contributed by atoms with Crippen molar-refractivity contribution in [3.63, 3.8) is 0 Å². The van der Waals surface area contributed by atoms with Crippen LogP contribution in [-0.2, 0) is 19.1 Å². The molecular weight excluding hydrogens is 448 g/mol. The monoisotopic (exact) mass is 508 g/mol. The lowest BCUT2D eigenvalue weighted by molar-refractivity contribution is -0.145. The summed E-state index contributed by atoms with van der Waals surface area (Å²) in [5, 5.41) is 0. The fraction of sp³-hybridized carbons (Fsp3) is 0.875. The van der Waals surface area contributed by atoms with E-state index in [-0.39, 0.29) is 12.2 Å². The molecule has 0 rings (SSSR count). The van der Waals surface area contributed by atoms with Crippen LogP contribution < -0.4 is 0 Å². The van der Waals surface area contributed by atoms with Gasteiger partial charge < -0.3 is 9.47 Å². The maximum atomic E-state index is 12.0. The molecule has 0 heterocycles.